The molecule has 19 heavy (non-hydrogen) atoms. The number of nitrogens with zero attached hydrogens (tertiary/aromatic N) is 1. The van der Waals surface area contributed by atoms with Crippen molar-refractivity contribution < 1.29 is 9.90 Å². The number of carbonyl (C=O) groups is 1. The van der Waals surface area contributed by atoms with Crippen LogP contribution in [0.25, 0.3) is 0 Å². The number of aliphatic hydroxyl groups excluding tert-OH is 1. The number of halogens is 1. The van der Waals surface area contributed by atoms with E-state index in [1.54, 1.807) is 6.07 Å². The van der Waals surface area contributed by atoms with E-state index in [0.29, 0.717) is 11.4 Å². The van der Waals surface area contributed by atoms with Crippen molar-refractivity contribution in [2.75, 3.05) is 5.43 Å². The second-order valence-electron chi connectivity index (χ2n) is 4.69. The summed E-state index contributed by atoms with van der Waals surface area (Å²) in [7, 11) is 0. The van der Waals surface area contributed by atoms with Crippen LogP contribution < -0.4 is 16.6 Å². The average Bonchev–Trinajstić information content (AvgIpc) is 2.40. The molecule has 0 aromatic carbocycles. The Hall–Kier alpha value is -1.37. The van der Waals surface area contributed by atoms with Crippen molar-refractivity contribution >= 4 is 23.3 Å². The highest BCUT2D eigenvalue weighted by atomic mass is 35.5. The van der Waals surface area contributed by atoms with Gasteiger partial charge in [-0.15, -0.1) is 0 Å². The molecule has 0 atom stereocenters. The van der Waals surface area contributed by atoms with Gasteiger partial charge < -0.3 is 15.8 Å². The van der Waals surface area contributed by atoms with Gasteiger partial charge in [0.15, 0.2) is 0 Å². The van der Waals surface area contributed by atoms with Gasteiger partial charge in [-0.25, -0.2) is 10.8 Å². The van der Waals surface area contributed by atoms with Gasteiger partial charge in [-0.1, -0.05) is 11.6 Å². The van der Waals surface area contributed by atoms with Gasteiger partial charge in [0.1, 0.15) is 11.0 Å². The highest BCUT2D eigenvalue weighted by Crippen LogP contribution is 2.19. The van der Waals surface area contributed by atoms with E-state index >= 15 is 0 Å². The molecular formula is C12H17ClN4O2. The zero-order valence-corrected chi connectivity index (χ0v) is 11.2. The number of hydrogen-bond acceptors (Lipinski definition) is 5. The van der Waals surface area contributed by atoms with Crippen molar-refractivity contribution in [1.29, 1.82) is 0 Å². The molecule has 7 heteroatoms. The fourth-order valence-electron chi connectivity index (χ4n) is 2.19. The fraction of sp³-hybridized carbons (Fsp3) is 0.500. The first-order chi connectivity index (χ1) is 9.08. The number of aliphatic hydroxyl groups is 1. The number of nitrogens with two attached hydrogens (primary N) is 1. The van der Waals surface area contributed by atoms with Gasteiger partial charge in [-0.3, -0.25) is 4.79 Å². The minimum Gasteiger partial charge on any atom is -0.393 e. The van der Waals surface area contributed by atoms with E-state index in [1.807, 2.05) is 0 Å². The maximum absolute atomic E-state index is 12.1. The third-order valence-electron chi connectivity index (χ3n) is 3.24. The Morgan fingerprint density at radius 3 is 2.68 bits per heavy atom. The zero-order chi connectivity index (χ0) is 13.8. The molecule has 0 aliphatic heterocycles. The molecule has 1 aromatic rings. The van der Waals surface area contributed by atoms with Crippen LogP contribution in [0, 0.1) is 0 Å². The van der Waals surface area contributed by atoms with Gasteiger partial charge in [0.25, 0.3) is 5.91 Å². The number of hydrogen-bond donors (Lipinski definition) is 4. The molecule has 0 saturated heterocycles. The molecule has 0 radical (unpaired) electrons. The average molecular weight is 285 g/mol. The minimum atomic E-state index is -0.239. The van der Waals surface area contributed by atoms with E-state index in [4.69, 9.17) is 17.4 Å². The zero-order valence-electron chi connectivity index (χ0n) is 10.4. The molecule has 5 N–H and O–H groups in total. The van der Waals surface area contributed by atoms with Crippen molar-refractivity contribution in [2.24, 2.45) is 5.84 Å². The highest BCUT2D eigenvalue weighted by Gasteiger charge is 2.21. The topological polar surface area (TPSA) is 100 Å². The SMILES string of the molecule is NNc1cc(C(=O)NC2CCC(O)CC2)cc(Cl)n1. The summed E-state index contributed by atoms with van der Waals surface area (Å²) in [6.07, 6.45) is 2.77. The Morgan fingerprint density at radius 2 is 2.05 bits per heavy atom. The summed E-state index contributed by atoms with van der Waals surface area (Å²) < 4.78 is 0. The lowest BCUT2D eigenvalue weighted by Gasteiger charge is -2.26. The third-order valence-corrected chi connectivity index (χ3v) is 3.43. The largest absolute Gasteiger partial charge is 0.393 e. The third kappa shape index (κ3) is 3.79. The van der Waals surface area contributed by atoms with Crippen LogP contribution in [0.5, 0.6) is 0 Å². The van der Waals surface area contributed by atoms with Crippen LogP contribution in [0.4, 0.5) is 5.82 Å². The van der Waals surface area contributed by atoms with Crippen LogP contribution >= 0.6 is 11.6 Å². The first-order valence-corrected chi connectivity index (χ1v) is 6.59. The van der Waals surface area contributed by atoms with E-state index in [0.717, 1.165) is 25.7 Å². The molecule has 1 aliphatic carbocycles. The summed E-state index contributed by atoms with van der Waals surface area (Å²) in [6, 6.07) is 3.13. The summed E-state index contributed by atoms with van der Waals surface area (Å²) in [5.74, 6) is 5.39. The van der Waals surface area contributed by atoms with Crippen molar-refractivity contribution in [3.05, 3.63) is 22.8 Å². The summed E-state index contributed by atoms with van der Waals surface area (Å²) in [5, 5.41) is 12.6. The molecule has 1 aromatic heterocycles. The van der Waals surface area contributed by atoms with Crippen LogP contribution in [-0.2, 0) is 0 Å². The Bertz CT molecular complexity index is 461. The van der Waals surface area contributed by atoms with Gasteiger partial charge >= 0.3 is 0 Å². The summed E-state index contributed by atoms with van der Waals surface area (Å²) in [6.45, 7) is 0. The van der Waals surface area contributed by atoms with Gasteiger partial charge in [-0.2, -0.15) is 0 Å². The molecule has 0 spiro atoms. The number of hydrazine groups is 1. The van der Waals surface area contributed by atoms with Crippen molar-refractivity contribution in [2.45, 2.75) is 37.8 Å². The number of rotatable bonds is 3. The predicted octanol–water partition coefficient (Wildman–Crippen LogP) is 1.05. The lowest BCUT2D eigenvalue weighted by Crippen LogP contribution is -2.38. The second kappa shape index (κ2) is 6.18. The van der Waals surface area contributed by atoms with E-state index < -0.39 is 0 Å². The van der Waals surface area contributed by atoms with Crippen LogP contribution in [0.3, 0.4) is 0 Å². The van der Waals surface area contributed by atoms with Gasteiger partial charge in [0.2, 0.25) is 0 Å². The highest BCUT2D eigenvalue weighted by molar-refractivity contribution is 6.29. The quantitative estimate of drug-likeness (QED) is 0.378. The number of anilines is 1. The second-order valence-corrected chi connectivity index (χ2v) is 5.07. The minimum absolute atomic E-state index is 0.0946. The number of amides is 1. The molecule has 2 rings (SSSR count). The number of aromatic nitrogens is 1. The molecule has 1 amide bonds. The van der Waals surface area contributed by atoms with Crippen LogP contribution in [0.1, 0.15) is 36.0 Å². The molecule has 0 unspecified atom stereocenters. The molecule has 6 nitrogen and oxygen atoms in total. The maximum atomic E-state index is 12.1. The predicted molar refractivity (Wildman–Crippen MR) is 72.8 cm³/mol. The Balaban J connectivity index is 2.01. The lowest BCUT2D eigenvalue weighted by molar-refractivity contribution is 0.0867. The first-order valence-electron chi connectivity index (χ1n) is 6.21. The standard InChI is InChI=1S/C12H17ClN4O2/c13-10-5-7(6-11(16-10)17-14)12(19)15-8-1-3-9(18)4-2-8/h5-6,8-9,18H,1-4,14H2,(H,15,19)(H,16,17). The molecule has 104 valence electrons. The summed E-state index contributed by atoms with van der Waals surface area (Å²) >= 11 is 5.81. The molecule has 1 fully saturated rings. The van der Waals surface area contributed by atoms with E-state index in [9.17, 15) is 9.90 Å². The van der Waals surface area contributed by atoms with Crippen molar-refractivity contribution in [3.8, 4) is 0 Å². The molecular weight excluding hydrogens is 268 g/mol. The number of carbonyl (C=O) groups excluding carboxylic acids is 1. The Labute approximate surface area is 116 Å². The van der Waals surface area contributed by atoms with Crippen LogP contribution in [0.15, 0.2) is 12.1 Å². The summed E-state index contributed by atoms with van der Waals surface area (Å²) in [4.78, 5) is 16.0. The first kappa shape index (κ1) is 14.0. The van der Waals surface area contributed by atoms with Crippen LogP contribution in [0.2, 0.25) is 5.15 Å². The molecule has 1 saturated carbocycles. The maximum Gasteiger partial charge on any atom is 0.251 e. The van der Waals surface area contributed by atoms with Crippen molar-refractivity contribution in [3.63, 3.8) is 0 Å². The normalized spacial score (nSPS) is 22.9. The van der Waals surface area contributed by atoms with E-state index in [-0.39, 0.29) is 23.2 Å². The fourth-order valence-corrected chi connectivity index (χ4v) is 2.40. The lowest BCUT2D eigenvalue weighted by atomic mass is 9.93. The van der Waals surface area contributed by atoms with Gasteiger partial charge in [0.05, 0.1) is 6.10 Å². The number of pyridine rings is 1. The van der Waals surface area contributed by atoms with E-state index in [2.05, 4.69) is 15.7 Å². The number of nitrogens with one attached hydrogen (secondary N) is 2. The van der Waals surface area contributed by atoms with Gasteiger partial charge in [-0.05, 0) is 37.8 Å². The van der Waals surface area contributed by atoms with Gasteiger partial charge in [0, 0.05) is 11.6 Å². The molecule has 0 bridgehead atoms. The summed E-state index contributed by atoms with van der Waals surface area (Å²) in [5.41, 5.74) is 2.78. The van der Waals surface area contributed by atoms with E-state index in [1.165, 1.54) is 6.07 Å². The smallest absolute Gasteiger partial charge is 0.251 e. The van der Waals surface area contributed by atoms with Crippen LogP contribution in [-0.4, -0.2) is 28.1 Å². The monoisotopic (exact) mass is 284 g/mol. The number of nitrogen functional groups attached to an aromatic ring is 1. The van der Waals surface area contributed by atoms with Crippen molar-refractivity contribution in [1.82, 2.24) is 10.3 Å². The Morgan fingerprint density at radius 1 is 1.37 bits per heavy atom. The molecule has 1 heterocycles. The Kier molecular flexibility index (Phi) is 4.57. The molecule has 1 aliphatic rings.